The van der Waals surface area contributed by atoms with Gasteiger partial charge in [0.25, 0.3) is 5.91 Å². The van der Waals surface area contributed by atoms with Crippen LogP contribution in [-0.4, -0.2) is 50.9 Å². The molecule has 2 N–H and O–H groups in total. The first-order valence-corrected chi connectivity index (χ1v) is 13.1. The summed E-state index contributed by atoms with van der Waals surface area (Å²) in [5.41, 5.74) is 4.65. The smallest absolute Gasteiger partial charge is 0.267 e. The average molecular weight is 517 g/mol. The molecule has 190 valence electrons. The molecule has 0 bridgehead atoms. The quantitative estimate of drug-likeness (QED) is 0.264. The number of carbonyl (C=O) groups excluding carboxylic acids is 1. The Labute approximate surface area is 218 Å². The molecular weight excluding hydrogens is 488 g/mol. The molecule has 10 heteroatoms. The molecule has 0 fully saturated rings. The van der Waals surface area contributed by atoms with Gasteiger partial charge >= 0.3 is 0 Å². The van der Waals surface area contributed by atoms with E-state index >= 15 is 0 Å². The molecule has 1 amide bonds. The van der Waals surface area contributed by atoms with Gasteiger partial charge < -0.3 is 19.4 Å². The third-order valence-corrected chi connectivity index (χ3v) is 6.79. The lowest BCUT2D eigenvalue weighted by Gasteiger charge is -2.13. The highest BCUT2D eigenvalue weighted by Gasteiger charge is 2.17. The highest BCUT2D eigenvalue weighted by Crippen LogP contribution is 2.29. The van der Waals surface area contributed by atoms with Gasteiger partial charge in [0, 0.05) is 18.7 Å². The van der Waals surface area contributed by atoms with E-state index in [1.807, 2.05) is 67.8 Å². The zero-order valence-corrected chi connectivity index (χ0v) is 21.5. The molecule has 37 heavy (non-hydrogen) atoms. The fourth-order valence-corrected chi connectivity index (χ4v) is 5.10. The van der Waals surface area contributed by atoms with Gasteiger partial charge in [0.2, 0.25) is 5.82 Å². The molecule has 0 saturated heterocycles. The molecule has 5 rings (SSSR count). The predicted octanol–water partition coefficient (Wildman–Crippen LogP) is 4.70. The third kappa shape index (κ3) is 5.49. The summed E-state index contributed by atoms with van der Waals surface area (Å²) in [5, 5.41) is 19.4. The van der Waals surface area contributed by atoms with E-state index in [0.29, 0.717) is 44.2 Å². The van der Waals surface area contributed by atoms with E-state index in [0.717, 1.165) is 38.4 Å². The Morgan fingerprint density at radius 3 is 2.70 bits per heavy atom. The minimum atomic E-state index is -0.103. The molecule has 0 atom stereocenters. The van der Waals surface area contributed by atoms with Crippen LogP contribution in [0.1, 0.15) is 35.5 Å². The van der Waals surface area contributed by atoms with Crippen LogP contribution in [0.4, 0.5) is 0 Å². The van der Waals surface area contributed by atoms with Crippen molar-refractivity contribution in [2.24, 2.45) is 0 Å². The van der Waals surface area contributed by atoms with Crippen molar-refractivity contribution in [2.45, 2.75) is 26.8 Å². The van der Waals surface area contributed by atoms with Crippen LogP contribution in [0, 0.1) is 0 Å². The third-order valence-electron chi connectivity index (χ3n) is 5.93. The van der Waals surface area contributed by atoms with Gasteiger partial charge in [-0.3, -0.25) is 4.79 Å². The van der Waals surface area contributed by atoms with E-state index in [1.165, 1.54) is 0 Å². The molecule has 5 aromatic rings. The van der Waals surface area contributed by atoms with Crippen molar-refractivity contribution in [2.75, 3.05) is 19.8 Å². The maximum absolute atomic E-state index is 13.3. The fraction of sp³-hybridized carbons (Fsp3) is 0.259. The molecule has 0 radical (unpaired) electrons. The van der Waals surface area contributed by atoms with Crippen LogP contribution in [0.25, 0.3) is 21.6 Å². The number of nitrogens with one attached hydrogen (secondary N) is 2. The Kier molecular flexibility index (Phi) is 7.46. The van der Waals surface area contributed by atoms with Gasteiger partial charge in [0.1, 0.15) is 5.69 Å². The van der Waals surface area contributed by atoms with E-state index in [2.05, 4.69) is 36.6 Å². The minimum Gasteiger partial charge on any atom is -0.490 e. The van der Waals surface area contributed by atoms with Crippen LogP contribution in [0.5, 0.6) is 11.5 Å². The van der Waals surface area contributed by atoms with Gasteiger partial charge in [0.15, 0.2) is 11.5 Å². The predicted molar refractivity (Wildman–Crippen MR) is 143 cm³/mol. The number of H-pyrrole nitrogens is 1. The Hall–Kier alpha value is -4.18. The number of ether oxygens (including phenoxy) is 2. The number of tetrazole rings is 1. The highest BCUT2D eigenvalue weighted by molar-refractivity contribution is 7.17. The van der Waals surface area contributed by atoms with Crippen molar-refractivity contribution in [1.29, 1.82) is 0 Å². The molecule has 2 aromatic carbocycles. The van der Waals surface area contributed by atoms with E-state index in [-0.39, 0.29) is 5.91 Å². The first kappa shape index (κ1) is 24.5. The first-order valence-electron chi connectivity index (χ1n) is 12.2. The van der Waals surface area contributed by atoms with E-state index < -0.39 is 0 Å². The number of fused-ring (bicyclic) bond motifs is 1. The molecule has 0 aliphatic heterocycles. The summed E-state index contributed by atoms with van der Waals surface area (Å²) < 4.78 is 14.5. The highest BCUT2D eigenvalue weighted by atomic mass is 32.1. The Morgan fingerprint density at radius 2 is 1.89 bits per heavy atom. The van der Waals surface area contributed by atoms with Gasteiger partial charge in [-0.25, -0.2) is 0 Å². The van der Waals surface area contributed by atoms with Gasteiger partial charge in [-0.2, -0.15) is 5.21 Å². The number of carbonyl (C=O) groups is 1. The zero-order valence-electron chi connectivity index (χ0n) is 20.7. The summed E-state index contributed by atoms with van der Waals surface area (Å²) in [4.78, 5) is 13.3. The van der Waals surface area contributed by atoms with E-state index in [9.17, 15) is 4.79 Å². The van der Waals surface area contributed by atoms with Crippen LogP contribution in [0.3, 0.4) is 0 Å². The summed E-state index contributed by atoms with van der Waals surface area (Å²) in [6.07, 6.45) is 0.681. The van der Waals surface area contributed by atoms with Crippen LogP contribution in [0.2, 0.25) is 0 Å². The normalized spacial score (nSPS) is 11.1. The lowest BCUT2D eigenvalue weighted by atomic mass is 10.1. The Bertz CT molecular complexity index is 1490. The van der Waals surface area contributed by atoms with Crippen molar-refractivity contribution >= 4 is 27.5 Å². The summed E-state index contributed by atoms with van der Waals surface area (Å²) >= 11 is 1.62. The van der Waals surface area contributed by atoms with Crippen molar-refractivity contribution in [3.8, 4) is 22.9 Å². The second-order valence-corrected chi connectivity index (χ2v) is 9.32. The lowest BCUT2D eigenvalue weighted by molar-refractivity contribution is 0.0945. The van der Waals surface area contributed by atoms with Crippen LogP contribution < -0.4 is 14.8 Å². The molecule has 0 saturated carbocycles. The second-order valence-electron chi connectivity index (χ2n) is 8.37. The Balaban J connectivity index is 1.30. The number of hydrogen-bond acceptors (Lipinski definition) is 7. The first-order chi connectivity index (χ1) is 18.2. The molecule has 9 nitrogen and oxygen atoms in total. The monoisotopic (exact) mass is 516 g/mol. The number of nitrogens with zero attached hydrogens (tertiary/aromatic N) is 4. The molecule has 0 spiro atoms. The standard InChI is InChI=1S/C27H28N6O3S/c1-3-35-23-9-8-18(15-24(23)36-4-2)10-12-28-27(34)22-16-25-21(11-13-37-25)33(22)17-19-6-5-7-20(14-19)26-29-31-32-30-26/h5-9,11,13-16H,3-4,10,12,17H2,1-2H3,(H,28,34)(H,29,30,31,32). The SMILES string of the molecule is CCOc1ccc(CCNC(=O)c2cc3sccc3n2Cc2cccc(-c3nn[nH]n3)c2)cc1OCC. The molecule has 0 aliphatic carbocycles. The minimum absolute atomic E-state index is 0.103. The summed E-state index contributed by atoms with van der Waals surface area (Å²) in [7, 11) is 0. The topological polar surface area (TPSA) is 107 Å². The number of amides is 1. The van der Waals surface area contributed by atoms with Gasteiger partial charge in [-0.15, -0.1) is 21.5 Å². The fourth-order valence-electron chi connectivity index (χ4n) is 4.27. The van der Waals surface area contributed by atoms with Crippen molar-refractivity contribution in [3.63, 3.8) is 0 Å². The van der Waals surface area contributed by atoms with E-state index in [1.54, 1.807) is 11.3 Å². The van der Waals surface area contributed by atoms with Gasteiger partial charge in [0.05, 0.1) is 23.4 Å². The second kappa shape index (κ2) is 11.3. The van der Waals surface area contributed by atoms with Gasteiger partial charge in [-0.05, 0) is 72.3 Å². The number of rotatable bonds is 11. The van der Waals surface area contributed by atoms with Gasteiger partial charge in [-0.1, -0.05) is 24.3 Å². The van der Waals surface area contributed by atoms with Crippen LogP contribution >= 0.6 is 11.3 Å². The maximum atomic E-state index is 13.3. The zero-order chi connectivity index (χ0) is 25.6. The number of aromatic amines is 1. The number of aromatic nitrogens is 5. The van der Waals surface area contributed by atoms with Crippen LogP contribution in [0.15, 0.2) is 60.0 Å². The van der Waals surface area contributed by atoms with Crippen molar-refractivity contribution in [3.05, 3.63) is 76.8 Å². The van der Waals surface area contributed by atoms with Crippen LogP contribution in [-0.2, 0) is 13.0 Å². The summed E-state index contributed by atoms with van der Waals surface area (Å²) in [6.45, 7) is 6.09. The van der Waals surface area contributed by atoms with Crippen molar-refractivity contribution < 1.29 is 14.3 Å². The average Bonchev–Trinajstić information content (AvgIpc) is 3.66. The molecule has 3 heterocycles. The summed E-state index contributed by atoms with van der Waals surface area (Å²) in [6, 6.07) is 17.9. The Morgan fingerprint density at radius 1 is 1.03 bits per heavy atom. The number of hydrogen-bond donors (Lipinski definition) is 2. The molecule has 0 unspecified atom stereocenters. The molecular formula is C27H28N6O3S. The summed E-state index contributed by atoms with van der Waals surface area (Å²) in [5.74, 6) is 1.90. The number of benzene rings is 2. The van der Waals surface area contributed by atoms with E-state index in [4.69, 9.17) is 9.47 Å². The molecule has 0 aliphatic rings. The maximum Gasteiger partial charge on any atom is 0.267 e. The largest absolute Gasteiger partial charge is 0.490 e. The van der Waals surface area contributed by atoms with Crippen molar-refractivity contribution in [1.82, 2.24) is 30.5 Å². The number of thiophene rings is 1. The lowest BCUT2D eigenvalue weighted by Crippen LogP contribution is -2.28. The molecule has 3 aromatic heterocycles.